The van der Waals surface area contributed by atoms with Gasteiger partial charge in [0.05, 0.1) is 11.3 Å². The van der Waals surface area contributed by atoms with Gasteiger partial charge in [0.2, 0.25) is 0 Å². The van der Waals surface area contributed by atoms with E-state index in [1.54, 1.807) is 18.4 Å². The topological polar surface area (TPSA) is 37.4 Å². The molecular formula is C17H18FNO2S. The Morgan fingerprint density at radius 3 is 2.36 bits per heavy atom. The van der Waals surface area contributed by atoms with Crippen LogP contribution in [0.15, 0.2) is 47.4 Å². The first-order valence-electron chi connectivity index (χ1n) is 6.83. The minimum Gasteiger partial charge on any atom is -0.370 e. The maximum absolute atomic E-state index is 13.9. The summed E-state index contributed by atoms with van der Waals surface area (Å²) in [6, 6.07) is 12.0. The molecule has 0 saturated heterocycles. The Bertz CT molecular complexity index is 713. The zero-order chi connectivity index (χ0) is 16.3. The third kappa shape index (κ3) is 3.60. The van der Waals surface area contributed by atoms with Crippen molar-refractivity contribution in [2.75, 3.05) is 18.2 Å². The predicted molar refractivity (Wildman–Crippen MR) is 87.3 cm³/mol. The van der Waals surface area contributed by atoms with E-state index in [9.17, 15) is 13.4 Å². The van der Waals surface area contributed by atoms with Crippen LogP contribution in [0.4, 0.5) is 10.1 Å². The molecule has 0 aliphatic rings. The fourth-order valence-corrected chi connectivity index (χ4v) is 2.84. The largest absolute Gasteiger partial charge is 0.370 e. The summed E-state index contributed by atoms with van der Waals surface area (Å²) in [6.07, 6.45) is 1.63. The fraction of sp³-hybridized carbons (Fsp3) is 0.235. The quantitative estimate of drug-likeness (QED) is 0.793. The highest BCUT2D eigenvalue weighted by Gasteiger charge is 2.16. The molecule has 0 bridgehead atoms. The SMILES string of the molecule is CC(=O)c1c(F)cccc1N(C)Cc1ccc([S@](C)=O)cc1. The zero-order valence-electron chi connectivity index (χ0n) is 12.8. The third-order valence-corrected chi connectivity index (χ3v) is 4.37. The Labute approximate surface area is 132 Å². The summed E-state index contributed by atoms with van der Waals surface area (Å²) in [5, 5.41) is 0. The van der Waals surface area contributed by atoms with E-state index in [-0.39, 0.29) is 11.3 Å². The molecule has 0 aliphatic heterocycles. The smallest absolute Gasteiger partial charge is 0.164 e. The summed E-state index contributed by atoms with van der Waals surface area (Å²) >= 11 is 0. The average Bonchev–Trinajstić information content (AvgIpc) is 2.47. The molecule has 0 unspecified atom stereocenters. The number of carbonyl (C=O) groups excluding carboxylic acids is 1. The lowest BCUT2D eigenvalue weighted by Crippen LogP contribution is -2.19. The second-order valence-corrected chi connectivity index (χ2v) is 6.52. The van der Waals surface area contributed by atoms with Crippen LogP contribution in [0.1, 0.15) is 22.8 Å². The van der Waals surface area contributed by atoms with Gasteiger partial charge in [-0.3, -0.25) is 9.00 Å². The minimum atomic E-state index is -1.01. The number of ketones is 1. The molecule has 2 rings (SSSR count). The van der Waals surface area contributed by atoms with Gasteiger partial charge in [-0.2, -0.15) is 0 Å². The van der Waals surface area contributed by atoms with E-state index in [4.69, 9.17) is 0 Å². The Hall–Kier alpha value is -2.01. The highest BCUT2D eigenvalue weighted by Crippen LogP contribution is 2.24. The molecule has 2 aromatic rings. The van der Waals surface area contributed by atoms with Gasteiger partial charge in [-0.25, -0.2) is 4.39 Å². The van der Waals surface area contributed by atoms with Crippen molar-refractivity contribution in [1.82, 2.24) is 0 Å². The Morgan fingerprint density at radius 2 is 1.82 bits per heavy atom. The van der Waals surface area contributed by atoms with Crippen LogP contribution in [-0.4, -0.2) is 23.3 Å². The van der Waals surface area contributed by atoms with E-state index in [0.29, 0.717) is 12.2 Å². The van der Waals surface area contributed by atoms with E-state index in [1.165, 1.54) is 13.0 Å². The number of carbonyl (C=O) groups is 1. The van der Waals surface area contributed by atoms with E-state index in [1.807, 2.05) is 36.2 Å². The van der Waals surface area contributed by atoms with Crippen LogP contribution >= 0.6 is 0 Å². The fourth-order valence-electron chi connectivity index (χ4n) is 2.32. The Kier molecular flexibility index (Phi) is 5.08. The first-order valence-corrected chi connectivity index (χ1v) is 8.39. The van der Waals surface area contributed by atoms with Crippen molar-refractivity contribution in [2.24, 2.45) is 0 Å². The average molecular weight is 319 g/mol. The molecule has 0 heterocycles. The Morgan fingerprint density at radius 1 is 1.18 bits per heavy atom. The standard InChI is InChI=1S/C17H18FNO2S/c1-12(20)17-15(18)5-4-6-16(17)19(2)11-13-7-9-14(10-8-13)22(3)21/h4-10H,11H2,1-3H3/t22-/m0/s1. The molecule has 0 aliphatic carbocycles. The normalized spacial score (nSPS) is 12.0. The van der Waals surface area contributed by atoms with Gasteiger partial charge in [0.1, 0.15) is 5.82 Å². The van der Waals surface area contributed by atoms with Crippen molar-refractivity contribution in [1.29, 1.82) is 0 Å². The first kappa shape index (κ1) is 16.4. The second kappa shape index (κ2) is 6.83. The molecule has 0 aromatic heterocycles. The predicted octanol–water partition coefficient (Wildman–Crippen LogP) is 3.40. The summed E-state index contributed by atoms with van der Waals surface area (Å²) in [6.45, 7) is 1.89. The van der Waals surface area contributed by atoms with Crippen LogP contribution in [0.2, 0.25) is 0 Å². The van der Waals surface area contributed by atoms with Gasteiger partial charge in [0.15, 0.2) is 5.78 Å². The van der Waals surface area contributed by atoms with Crippen LogP contribution in [0.5, 0.6) is 0 Å². The number of benzene rings is 2. The first-order chi connectivity index (χ1) is 10.4. The molecule has 116 valence electrons. The van der Waals surface area contributed by atoms with Crippen LogP contribution in [-0.2, 0) is 17.3 Å². The minimum absolute atomic E-state index is 0.108. The third-order valence-electron chi connectivity index (χ3n) is 3.43. The lowest BCUT2D eigenvalue weighted by molar-refractivity contribution is 0.101. The summed E-state index contributed by atoms with van der Waals surface area (Å²) < 4.78 is 25.2. The molecule has 0 saturated carbocycles. The van der Waals surface area contributed by atoms with E-state index >= 15 is 0 Å². The molecule has 0 fully saturated rings. The summed E-state index contributed by atoms with van der Waals surface area (Å²) in [5.74, 6) is -0.801. The summed E-state index contributed by atoms with van der Waals surface area (Å²) in [5.41, 5.74) is 1.67. The highest BCUT2D eigenvalue weighted by molar-refractivity contribution is 7.84. The molecule has 1 atom stereocenters. The second-order valence-electron chi connectivity index (χ2n) is 5.14. The van der Waals surface area contributed by atoms with Gasteiger partial charge in [-0.1, -0.05) is 18.2 Å². The van der Waals surface area contributed by atoms with Crippen molar-refractivity contribution in [3.05, 3.63) is 59.4 Å². The number of nitrogens with zero attached hydrogens (tertiary/aromatic N) is 1. The maximum Gasteiger partial charge on any atom is 0.164 e. The Balaban J connectivity index is 2.26. The number of hydrogen-bond donors (Lipinski definition) is 0. The molecule has 0 radical (unpaired) electrons. The van der Waals surface area contributed by atoms with Crippen LogP contribution in [0, 0.1) is 5.82 Å². The van der Waals surface area contributed by atoms with E-state index in [2.05, 4.69) is 0 Å². The van der Waals surface area contributed by atoms with Crippen molar-refractivity contribution in [3.8, 4) is 0 Å². The molecular weight excluding hydrogens is 301 g/mol. The lowest BCUT2D eigenvalue weighted by Gasteiger charge is -2.22. The van der Waals surface area contributed by atoms with Crippen molar-refractivity contribution in [2.45, 2.75) is 18.4 Å². The number of hydrogen-bond acceptors (Lipinski definition) is 3. The van der Waals surface area contributed by atoms with Crippen LogP contribution < -0.4 is 4.90 Å². The van der Waals surface area contributed by atoms with Gasteiger partial charge in [0, 0.05) is 35.5 Å². The van der Waals surface area contributed by atoms with Crippen LogP contribution in [0.25, 0.3) is 0 Å². The summed E-state index contributed by atoms with van der Waals surface area (Å²) in [4.78, 5) is 14.3. The van der Waals surface area contributed by atoms with Gasteiger partial charge < -0.3 is 4.90 Å². The number of anilines is 1. The van der Waals surface area contributed by atoms with Crippen LogP contribution in [0.3, 0.4) is 0 Å². The van der Waals surface area contributed by atoms with E-state index in [0.717, 1.165) is 10.5 Å². The van der Waals surface area contributed by atoms with Gasteiger partial charge in [0.25, 0.3) is 0 Å². The van der Waals surface area contributed by atoms with Gasteiger partial charge in [-0.15, -0.1) is 0 Å². The number of rotatable bonds is 5. The summed E-state index contributed by atoms with van der Waals surface area (Å²) in [7, 11) is 0.806. The molecule has 5 heteroatoms. The highest BCUT2D eigenvalue weighted by atomic mass is 32.2. The van der Waals surface area contributed by atoms with Crippen molar-refractivity contribution < 1.29 is 13.4 Å². The lowest BCUT2D eigenvalue weighted by atomic mass is 10.1. The monoisotopic (exact) mass is 319 g/mol. The zero-order valence-corrected chi connectivity index (χ0v) is 13.6. The molecule has 0 amide bonds. The number of halogens is 1. The maximum atomic E-state index is 13.9. The van der Waals surface area contributed by atoms with Gasteiger partial charge in [-0.05, 0) is 36.8 Å². The van der Waals surface area contributed by atoms with E-state index < -0.39 is 16.6 Å². The molecule has 2 aromatic carbocycles. The van der Waals surface area contributed by atoms with Crippen molar-refractivity contribution in [3.63, 3.8) is 0 Å². The molecule has 0 spiro atoms. The van der Waals surface area contributed by atoms with Gasteiger partial charge >= 0.3 is 0 Å². The molecule has 22 heavy (non-hydrogen) atoms. The molecule has 0 N–H and O–H groups in total. The van der Waals surface area contributed by atoms with Crippen molar-refractivity contribution >= 4 is 22.3 Å². The number of Topliss-reactive ketones (excluding diaryl/α,β-unsaturated/α-hetero) is 1. The molecule has 3 nitrogen and oxygen atoms in total.